The van der Waals surface area contributed by atoms with Crippen LogP contribution in [0.5, 0.6) is 0 Å². The molecular formula is C19H28N2O4. The first-order chi connectivity index (χ1) is 11.7. The molecule has 0 aromatic heterocycles. The SMILES string of the molecule is CC(C)(C)OC(=O)N1CCCCC1(C)NC(=O)OCc1ccccc1. The second-order valence-corrected chi connectivity index (χ2v) is 7.55. The molecule has 1 unspecified atom stereocenters. The smallest absolute Gasteiger partial charge is 0.412 e. The molecule has 1 fully saturated rings. The summed E-state index contributed by atoms with van der Waals surface area (Å²) in [4.78, 5) is 26.3. The first kappa shape index (κ1) is 19.1. The summed E-state index contributed by atoms with van der Waals surface area (Å²) >= 11 is 0. The van der Waals surface area contributed by atoms with Crippen LogP contribution < -0.4 is 5.32 Å². The Labute approximate surface area is 149 Å². The molecule has 0 bridgehead atoms. The quantitative estimate of drug-likeness (QED) is 0.895. The van der Waals surface area contributed by atoms with Gasteiger partial charge in [-0.2, -0.15) is 0 Å². The van der Waals surface area contributed by atoms with Gasteiger partial charge in [-0.05, 0) is 52.5 Å². The summed E-state index contributed by atoms with van der Waals surface area (Å²) in [6.07, 6.45) is 1.51. The third-order valence-electron chi connectivity index (χ3n) is 4.09. The molecule has 1 aliphatic rings. The fourth-order valence-corrected chi connectivity index (χ4v) is 2.84. The van der Waals surface area contributed by atoms with E-state index in [2.05, 4.69) is 5.32 Å². The van der Waals surface area contributed by atoms with Crippen LogP contribution in [0.25, 0.3) is 0 Å². The van der Waals surface area contributed by atoms with Crippen LogP contribution in [0.15, 0.2) is 30.3 Å². The minimum Gasteiger partial charge on any atom is -0.445 e. The molecule has 1 aromatic carbocycles. The molecule has 138 valence electrons. The predicted octanol–water partition coefficient (Wildman–Crippen LogP) is 4.05. The Kier molecular flexibility index (Phi) is 5.93. The molecule has 0 radical (unpaired) electrons. The van der Waals surface area contributed by atoms with Gasteiger partial charge in [0.15, 0.2) is 0 Å². The summed E-state index contributed by atoms with van der Waals surface area (Å²) in [5, 5.41) is 2.85. The monoisotopic (exact) mass is 348 g/mol. The minimum atomic E-state index is -0.811. The second kappa shape index (κ2) is 7.76. The van der Waals surface area contributed by atoms with Gasteiger partial charge in [0.25, 0.3) is 0 Å². The van der Waals surface area contributed by atoms with E-state index in [0.29, 0.717) is 13.0 Å². The summed E-state index contributed by atoms with van der Waals surface area (Å²) in [6, 6.07) is 9.48. The van der Waals surface area contributed by atoms with Gasteiger partial charge in [-0.3, -0.25) is 10.2 Å². The lowest BCUT2D eigenvalue weighted by Crippen LogP contribution is -2.63. The number of amides is 2. The number of nitrogens with zero attached hydrogens (tertiary/aromatic N) is 1. The van der Waals surface area contributed by atoms with Crippen molar-refractivity contribution in [3.05, 3.63) is 35.9 Å². The van der Waals surface area contributed by atoms with Crippen molar-refractivity contribution in [2.24, 2.45) is 0 Å². The first-order valence-electron chi connectivity index (χ1n) is 8.69. The van der Waals surface area contributed by atoms with E-state index in [-0.39, 0.29) is 6.61 Å². The molecule has 1 atom stereocenters. The standard InChI is InChI=1S/C19H28N2O4/c1-18(2,3)25-17(23)21-13-9-8-12-19(21,4)20-16(22)24-14-15-10-6-5-7-11-15/h5-7,10-11H,8-9,12-14H2,1-4H3,(H,20,22). The Hall–Kier alpha value is -2.24. The van der Waals surface area contributed by atoms with Crippen LogP contribution in [0.1, 0.15) is 52.5 Å². The van der Waals surface area contributed by atoms with Gasteiger partial charge in [-0.15, -0.1) is 0 Å². The van der Waals surface area contributed by atoms with Crippen LogP contribution in [-0.4, -0.2) is 34.9 Å². The number of piperidine rings is 1. The molecular weight excluding hydrogens is 320 g/mol. The van der Waals surface area contributed by atoms with E-state index in [1.807, 2.05) is 58.0 Å². The number of hydrogen-bond acceptors (Lipinski definition) is 4. The van der Waals surface area contributed by atoms with Crippen molar-refractivity contribution >= 4 is 12.2 Å². The number of ether oxygens (including phenoxy) is 2. The van der Waals surface area contributed by atoms with Crippen molar-refractivity contribution in [1.82, 2.24) is 10.2 Å². The normalized spacial score (nSPS) is 20.7. The number of rotatable bonds is 3. The molecule has 6 nitrogen and oxygen atoms in total. The highest BCUT2D eigenvalue weighted by Gasteiger charge is 2.41. The maximum Gasteiger partial charge on any atom is 0.412 e. The topological polar surface area (TPSA) is 67.9 Å². The largest absolute Gasteiger partial charge is 0.445 e. The summed E-state index contributed by atoms with van der Waals surface area (Å²) < 4.78 is 10.8. The Morgan fingerprint density at radius 3 is 2.52 bits per heavy atom. The highest BCUT2D eigenvalue weighted by molar-refractivity contribution is 5.72. The van der Waals surface area contributed by atoms with Crippen LogP contribution >= 0.6 is 0 Å². The zero-order chi connectivity index (χ0) is 18.5. The van der Waals surface area contributed by atoms with Crippen molar-refractivity contribution < 1.29 is 19.1 Å². The lowest BCUT2D eigenvalue weighted by atomic mass is 9.97. The van der Waals surface area contributed by atoms with Crippen LogP contribution in [0, 0.1) is 0 Å². The van der Waals surface area contributed by atoms with Gasteiger partial charge in [0.05, 0.1) is 0 Å². The van der Waals surface area contributed by atoms with Gasteiger partial charge in [0.2, 0.25) is 0 Å². The molecule has 25 heavy (non-hydrogen) atoms. The maximum absolute atomic E-state index is 12.5. The average Bonchev–Trinajstić information content (AvgIpc) is 2.52. The molecule has 1 aliphatic heterocycles. The van der Waals surface area contributed by atoms with Gasteiger partial charge < -0.3 is 9.47 Å². The van der Waals surface area contributed by atoms with Crippen LogP contribution in [0.3, 0.4) is 0 Å². The van der Waals surface area contributed by atoms with Crippen molar-refractivity contribution in [2.45, 2.75) is 64.8 Å². The number of alkyl carbamates (subject to hydrolysis) is 1. The fraction of sp³-hybridized carbons (Fsp3) is 0.579. The Bertz CT molecular complexity index is 597. The summed E-state index contributed by atoms with van der Waals surface area (Å²) in [7, 11) is 0. The molecule has 1 saturated heterocycles. The number of nitrogens with one attached hydrogen (secondary N) is 1. The molecule has 1 aromatic rings. The van der Waals surface area contributed by atoms with E-state index < -0.39 is 23.5 Å². The minimum absolute atomic E-state index is 0.190. The van der Waals surface area contributed by atoms with E-state index in [9.17, 15) is 9.59 Å². The number of hydrogen-bond donors (Lipinski definition) is 1. The molecule has 1 heterocycles. The van der Waals surface area contributed by atoms with Gasteiger partial charge >= 0.3 is 12.2 Å². The first-order valence-corrected chi connectivity index (χ1v) is 8.69. The third-order valence-corrected chi connectivity index (χ3v) is 4.09. The van der Waals surface area contributed by atoms with E-state index in [1.165, 1.54) is 0 Å². The second-order valence-electron chi connectivity index (χ2n) is 7.55. The average molecular weight is 348 g/mol. The van der Waals surface area contributed by atoms with Gasteiger partial charge in [-0.1, -0.05) is 30.3 Å². The van der Waals surface area contributed by atoms with E-state index in [4.69, 9.17) is 9.47 Å². The van der Waals surface area contributed by atoms with E-state index >= 15 is 0 Å². The Balaban J connectivity index is 1.98. The molecule has 6 heteroatoms. The molecule has 2 amide bonds. The van der Waals surface area contributed by atoms with E-state index in [0.717, 1.165) is 18.4 Å². The van der Waals surface area contributed by atoms with Crippen LogP contribution in [0.2, 0.25) is 0 Å². The fourth-order valence-electron chi connectivity index (χ4n) is 2.84. The summed E-state index contributed by atoms with van der Waals surface area (Å²) in [6.45, 7) is 8.05. The number of carbonyl (C=O) groups excluding carboxylic acids is 2. The number of carbonyl (C=O) groups is 2. The molecule has 2 rings (SSSR count). The summed E-state index contributed by atoms with van der Waals surface area (Å²) in [5.41, 5.74) is -0.479. The third kappa shape index (κ3) is 5.66. The van der Waals surface area contributed by atoms with Crippen LogP contribution in [0.4, 0.5) is 9.59 Å². The lowest BCUT2D eigenvalue weighted by Gasteiger charge is -2.44. The number of benzene rings is 1. The molecule has 0 aliphatic carbocycles. The molecule has 1 N–H and O–H groups in total. The highest BCUT2D eigenvalue weighted by Crippen LogP contribution is 2.27. The van der Waals surface area contributed by atoms with Gasteiger partial charge in [0, 0.05) is 6.54 Å². The van der Waals surface area contributed by atoms with Gasteiger partial charge in [-0.25, -0.2) is 9.59 Å². The zero-order valence-electron chi connectivity index (χ0n) is 15.5. The van der Waals surface area contributed by atoms with E-state index in [1.54, 1.807) is 4.90 Å². The zero-order valence-corrected chi connectivity index (χ0v) is 15.5. The maximum atomic E-state index is 12.5. The Morgan fingerprint density at radius 1 is 1.20 bits per heavy atom. The van der Waals surface area contributed by atoms with Gasteiger partial charge in [0.1, 0.15) is 17.9 Å². The molecule has 0 saturated carbocycles. The van der Waals surface area contributed by atoms with Crippen molar-refractivity contribution in [2.75, 3.05) is 6.54 Å². The van der Waals surface area contributed by atoms with Crippen molar-refractivity contribution in [3.63, 3.8) is 0 Å². The van der Waals surface area contributed by atoms with Crippen molar-refractivity contribution in [1.29, 1.82) is 0 Å². The predicted molar refractivity (Wildman–Crippen MR) is 95.0 cm³/mol. The Morgan fingerprint density at radius 2 is 1.88 bits per heavy atom. The highest BCUT2D eigenvalue weighted by atomic mass is 16.6. The lowest BCUT2D eigenvalue weighted by molar-refractivity contribution is -0.0205. The van der Waals surface area contributed by atoms with Crippen LogP contribution in [-0.2, 0) is 16.1 Å². The summed E-state index contributed by atoms with van der Waals surface area (Å²) in [5.74, 6) is 0. The number of likely N-dealkylation sites (tertiary alicyclic amines) is 1. The molecule has 0 spiro atoms. The van der Waals surface area contributed by atoms with Crippen molar-refractivity contribution in [3.8, 4) is 0 Å².